The lowest BCUT2D eigenvalue weighted by molar-refractivity contribution is 0.317. The van der Waals surface area contributed by atoms with Gasteiger partial charge in [-0.3, -0.25) is 0 Å². The number of hydrogen-bond acceptors (Lipinski definition) is 2. The minimum Gasteiger partial charge on any atom is -0.411 e. The van der Waals surface area contributed by atoms with Gasteiger partial charge in [0, 0.05) is 5.92 Å². The van der Waals surface area contributed by atoms with Crippen molar-refractivity contribution in [3.8, 4) is 0 Å². The molecule has 0 atom stereocenters. The zero-order chi connectivity index (χ0) is 6.69. The van der Waals surface area contributed by atoms with E-state index in [0.717, 1.165) is 5.71 Å². The summed E-state index contributed by atoms with van der Waals surface area (Å²) in [5.74, 6) is 0.218. The molecule has 0 fully saturated rings. The Morgan fingerprint density at radius 1 is 1.44 bits per heavy atom. The third-order valence-electron chi connectivity index (χ3n) is 1.39. The van der Waals surface area contributed by atoms with Gasteiger partial charge in [-0.05, 0) is 6.92 Å². The zero-order valence-corrected chi connectivity index (χ0v) is 5.28. The van der Waals surface area contributed by atoms with Gasteiger partial charge in [0.15, 0.2) is 0 Å². The standard InChI is InChI=1S/C7H9NO/c1-6(8-9)7-4-2-3-5-7/h2-5,7,9H,1H3. The number of nitrogens with zero attached hydrogens (tertiary/aromatic N) is 1. The Morgan fingerprint density at radius 3 is 2.44 bits per heavy atom. The van der Waals surface area contributed by atoms with Crippen LogP contribution in [0.1, 0.15) is 6.92 Å². The van der Waals surface area contributed by atoms with Crippen molar-refractivity contribution in [1.29, 1.82) is 0 Å². The first-order valence-electron chi connectivity index (χ1n) is 2.88. The highest BCUT2D eigenvalue weighted by Crippen LogP contribution is 2.09. The van der Waals surface area contributed by atoms with Crippen LogP contribution in [0.4, 0.5) is 0 Å². The van der Waals surface area contributed by atoms with Crippen LogP contribution in [0, 0.1) is 5.92 Å². The molecule has 0 aromatic carbocycles. The number of hydrogen-bond donors (Lipinski definition) is 1. The average Bonchev–Trinajstić information content (AvgIpc) is 2.37. The van der Waals surface area contributed by atoms with E-state index in [2.05, 4.69) is 5.16 Å². The highest BCUT2D eigenvalue weighted by molar-refractivity contribution is 5.87. The summed E-state index contributed by atoms with van der Waals surface area (Å²) in [6.45, 7) is 1.80. The molecule has 0 amide bonds. The van der Waals surface area contributed by atoms with Crippen molar-refractivity contribution in [3.05, 3.63) is 24.3 Å². The predicted molar refractivity (Wildman–Crippen MR) is 36.7 cm³/mol. The Labute approximate surface area is 54.2 Å². The molecule has 1 N–H and O–H groups in total. The summed E-state index contributed by atoms with van der Waals surface area (Å²) in [6.07, 6.45) is 7.85. The molecule has 0 bridgehead atoms. The van der Waals surface area contributed by atoms with E-state index < -0.39 is 0 Å². The van der Waals surface area contributed by atoms with E-state index in [0.29, 0.717) is 0 Å². The molecular weight excluding hydrogens is 114 g/mol. The van der Waals surface area contributed by atoms with Crippen molar-refractivity contribution in [3.63, 3.8) is 0 Å². The van der Waals surface area contributed by atoms with Gasteiger partial charge in [0.2, 0.25) is 0 Å². The lowest BCUT2D eigenvalue weighted by Gasteiger charge is -1.98. The largest absolute Gasteiger partial charge is 0.411 e. The summed E-state index contributed by atoms with van der Waals surface area (Å²) in [7, 11) is 0. The molecule has 0 saturated heterocycles. The Hall–Kier alpha value is -1.05. The molecule has 9 heavy (non-hydrogen) atoms. The molecule has 2 heteroatoms. The van der Waals surface area contributed by atoms with Gasteiger partial charge in [-0.25, -0.2) is 0 Å². The van der Waals surface area contributed by atoms with Gasteiger partial charge < -0.3 is 5.21 Å². The van der Waals surface area contributed by atoms with Crippen LogP contribution in [-0.4, -0.2) is 10.9 Å². The van der Waals surface area contributed by atoms with E-state index in [4.69, 9.17) is 5.21 Å². The van der Waals surface area contributed by atoms with Crippen LogP contribution >= 0.6 is 0 Å². The normalized spacial score (nSPS) is 19.4. The van der Waals surface area contributed by atoms with Crippen LogP contribution in [0.25, 0.3) is 0 Å². The monoisotopic (exact) mass is 123 g/mol. The van der Waals surface area contributed by atoms with Crippen molar-refractivity contribution in [2.45, 2.75) is 6.92 Å². The van der Waals surface area contributed by atoms with Crippen molar-refractivity contribution >= 4 is 5.71 Å². The second-order valence-corrected chi connectivity index (χ2v) is 2.04. The van der Waals surface area contributed by atoms with E-state index in [1.54, 1.807) is 6.92 Å². The van der Waals surface area contributed by atoms with Gasteiger partial charge in [-0.1, -0.05) is 29.5 Å². The first-order valence-corrected chi connectivity index (χ1v) is 2.88. The van der Waals surface area contributed by atoms with E-state index in [-0.39, 0.29) is 5.92 Å². The molecule has 0 radical (unpaired) electrons. The van der Waals surface area contributed by atoms with Crippen LogP contribution in [0.2, 0.25) is 0 Å². The Bertz CT molecular complexity index is 167. The second-order valence-electron chi connectivity index (χ2n) is 2.04. The summed E-state index contributed by atoms with van der Waals surface area (Å²) in [6, 6.07) is 0. The molecule has 0 spiro atoms. The molecule has 1 aliphatic rings. The van der Waals surface area contributed by atoms with E-state index >= 15 is 0 Å². The molecule has 1 rings (SSSR count). The summed E-state index contributed by atoms with van der Waals surface area (Å²) >= 11 is 0. The highest BCUT2D eigenvalue weighted by atomic mass is 16.4. The van der Waals surface area contributed by atoms with Gasteiger partial charge >= 0.3 is 0 Å². The highest BCUT2D eigenvalue weighted by Gasteiger charge is 2.06. The van der Waals surface area contributed by atoms with Crippen LogP contribution < -0.4 is 0 Å². The number of oxime groups is 1. The maximum atomic E-state index is 8.32. The van der Waals surface area contributed by atoms with Crippen molar-refractivity contribution in [1.82, 2.24) is 0 Å². The topological polar surface area (TPSA) is 32.6 Å². The minimum atomic E-state index is 0.218. The second kappa shape index (κ2) is 2.49. The van der Waals surface area contributed by atoms with Gasteiger partial charge in [0.25, 0.3) is 0 Å². The van der Waals surface area contributed by atoms with Gasteiger partial charge in [-0.2, -0.15) is 0 Å². The summed E-state index contributed by atoms with van der Waals surface area (Å²) in [4.78, 5) is 0. The fourth-order valence-electron chi connectivity index (χ4n) is 0.777. The lowest BCUT2D eigenvalue weighted by Crippen LogP contribution is -2.02. The number of allylic oxidation sites excluding steroid dienone is 4. The average molecular weight is 123 g/mol. The molecule has 0 unspecified atom stereocenters. The Morgan fingerprint density at radius 2 is 2.00 bits per heavy atom. The van der Waals surface area contributed by atoms with E-state index in [9.17, 15) is 0 Å². The summed E-state index contributed by atoms with van der Waals surface area (Å²) < 4.78 is 0. The predicted octanol–water partition coefficient (Wildman–Crippen LogP) is 1.58. The zero-order valence-electron chi connectivity index (χ0n) is 5.28. The van der Waals surface area contributed by atoms with Gasteiger partial charge in [-0.15, -0.1) is 0 Å². The summed E-state index contributed by atoms with van der Waals surface area (Å²) in [5, 5.41) is 11.4. The van der Waals surface area contributed by atoms with E-state index in [1.807, 2.05) is 24.3 Å². The first kappa shape index (κ1) is 6.08. The molecule has 0 aliphatic heterocycles. The Balaban J connectivity index is 2.64. The minimum absolute atomic E-state index is 0.218. The molecule has 2 nitrogen and oxygen atoms in total. The molecular formula is C7H9NO. The van der Waals surface area contributed by atoms with Crippen LogP contribution in [0.3, 0.4) is 0 Å². The van der Waals surface area contributed by atoms with Gasteiger partial charge in [0.1, 0.15) is 0 Å². The third-order valence-corrected chi connectivity index (χ3v) is 1.39. The van der Waals surface area contributed by atoms with Crippen LogP contribution in [0.5, 0.6) is 0 Å². The van der Waals surface area contributed by atoms with Crippen LogP contribution in [0.15, 0.2) is 29.5 Å². The quantitative estimate of drug-likeness (QED) is 0.320. The summed E-state index contributed by atoms with van der Waals surface area (Å²) in [5.41, 5.74) is 0.736. The molecule has 0 aromatic rings. The maximum absolute atomic E-state index is 8.32. The first-order chi connectivity index (χ1) is 4.34. The van der Waals surface area contributed by atoms with E-state index in [1.165, 1.54) is 0 Å². The smallest absolute Gasteiger partial charge is 0.0646 e. The lowest BCUT2D eigenvalue weighted by atomic mass is 10.1. The molecule has 0 heterocycles. The SMILES string of the molecule is CC(=NO)C1C=CC=C1. The molecule has 0 aromatic heterocycles. The fraction of sp³-hybridized carbons (Fsp3) is 0.286. The van der Waals surface area contributed by atoms with Crippen molar-refractivity contribution in [2.24, 2.45) is 11.1 Å². The third kappa shape index (κ3) is 1.19. The molecule has 1 aliphatic carbocycles. The van der Waals surface area contributed by atoms with Crippen molar-refractivity contribution < 1.29 is 5.21 Å². The van der Waals surface area contributed by atoms with Gasteiger partial charge in [0.05, 0.1) is 5.71 Å². The number of rotatable bonds is 1. The van der Waals surface area contributed by atoms with Crippen LogP contribution in [-0.2, 0) is 0 Å². The molecule has 0 saturated carbocycles. The fourth-order valence-corrected chi connectivity index (χ4v) is 0.777. The molecule has 48 valence electrons. The van der Waals surface area contributed by atoms with Crippen molar-refractivity contribution in [2.75, 3.05) is 0 Å². The Kier molecular flexibility index (Phi) is 1.68. The maximum Gasteiger partial charge on any atom is 0.0646 e.